The quantitative estimate of drug-likeness (QED) is 0.538. The Labute approximate surface area is 145 Å². The van der Waals surface area contributed by atoms with Crippen molar-refractivity contribution in [1.82, 2.24) is 4.98 Å². The van der Waals surface area contributed by atoms with Crippen LogP contribution in [-0.4, -0.2) is 16.1 Å². The topological polar surface area (TPSA) is 50.2 Å². The Hall–Kier alpha value is -3.20. The Bertz CT molecular complexity index is 1150. The second-order valence-corrected chi connectivity index (χ2v) is 6.40. The zero-order valence-electron chi connectivity index (χ0n) is 14.1. The highest BCUT2D eigenvalue weighted by Crippen LogP contribution is 2.29. The van der Waals surface area contributed by atoms with Crippen LogP contribution in [-0.2, 0) is 0 Å². The summed E-state index contributed by atoms with van der Waals surface area (Å²) in [7, 11) is 0. The molecule has 0 aliphatic carbocycles. The number of fused-ring (bicyclic) bond motifs is 2. The van der Waals surface area contributed by atoms with Crippen LogP contribution in [0.2, 0.25) is 0 Å². The number of aromatic nitrogens is 1. The number of nitrogens with zero attached hydrogens (tertiary/aromatic N) is 1. The van der Waals surface area contributed by atoms with Gasteiger partial charge in [0.1, 0.15) is 0 Å². The maximum absolute atomic E-state index is 11.8. The first-order chi connectivity index (χ1) is 12.0. The van der Waals surface area contributed by atoms with Gasteiger partial charge in [-0.15, -0.1) is 0 Å². The van der Waals surface area contributed by atoms with Crippen LogP contribution in [0.25, 0.3) is 32.9 Å². The third-order valence-corrected chi connectivity index (χ3v) is 4.52. The molecule has 0 bridgehead atoms. The number of carboxylic acid groups (broad SMARTS) is 1. The summed E-state index contributed by atoms with van der Waals surface area (Å²) in [6.45, 7) is 3.94. The first-order valence-corrected chi connectivity index (χ1v) is 8.17. The summed E-state index contributed by atoms with van der Waals surface area (Å²) in [4.78, 5) is 16.6. The molecule has 0 radical (unpaired) electrons. The Morgan fingerprint density at radius 3 is 2.44 bits per heavy atom. The number of rotatable bonds is 2. The van der Waals surface area contributed by atoms with Crippen molar-refractivity contribution in [3.63, 3.8) is 0 Å². The fourth-order valence-electron chi connectivity index (χ4n) is 3.35. The van der Waals surface area contributed by atoms with Gasteiger partial charge in [0.2, 0.25) is 0 Å². The van der Waals surface area contributed by atoms with E-state index in [1.807, 2.05) is 56.3 Å². The molecule has 4 rings (SSSR count). The van der Waals surface area contributed by atoms with E-state index in [1.54, 1.807) is 6.07 Å². The molecule has 0 spiro atoms. The van der Waals surface area contributed by atoms with Crippen molar-refractivity contribution >= 4 is 27.6 Å². The molecule has 0 saturated carbocycles. The predicted octanol–water partition coefficient (Wildman–Crippen LogP) is 5.37. The molecule has 0 atom stereocenters. The smallest absolute Gasteiger partial charge is 0.336 e. The van der Waals surface area contributed by atoms with Crippen LogP contribution in [0.4, 0.5) is 0 Å². The van der Waals surface area contributed by atoms with Crippen molar-refractivity contribution in [3.05, 3.63) is 77.4 Å². The summed E-state index contributed by atoms with van der Waals surface area (Å²) in [5.74, 6) is -0.931. The van der Waals surface area contributed by atoms with Crippen molar-refractivity contribution in [2.24, 2.45) is 0 Å². The lowest BCUT2D eigenvalue weighted by molar-refractivity contribution is 0.0699. The van der Waals surface area contributed by atoms with Crippen LogP contribution in [0, 0.1) is 13.8 Å². The lowest BCUT2D eigenvalue weighted by atomic mass is 9.99. The standard InChI is InChI=1S/C22H17NO2/c1-13-9-14(2)21-18(10-13)19(22(24)25)12-20(23-21)17-8-7-15-5-3-4-6-16(15)11-17/h3-12H,1-2H3,(H,24,25). The highest BCUT2D eigenvalue weighted by atomic mass is 16.4. The highest BCUT2D eigenvalue weighted by Gasteiger charge is 2.15. The van der Waals surface area contributed by atoms with E-state index in [-0.39, 0.29) is 0 Å². The molecule has 25 heavy (non-hydrogen) atoms. The van der Waals surface area contributed by atoms with Gasteiger partial charge in [0.25, 0.3) is 0 Å². The summed E-state index contributed by atoms with van der Waals surface area (Å²) < 4.78 is 0. The van der Waals surface area contributed by atoms with E-state index < -0.39 is 5.97 Å². The Balaban J connectivity index is 2.02. The molecule has 0 saturated heterocycles. The van der Waals surface area contributed by atoms with Crippen molar-refractivity contribution in [3.8, 4) is 11.3 Å². The van der Waals surface area contributed by atoms with E-state index in [1.165, 1.54) is 0 Å². The number of carbonyl (C=O) groups is 1. The molecule has 122 valence electrons. The molecule has 3 aromatic carbocycles. The minimum absolute atomic E-state index is 0.292. The fourth-order valence-corrected chi connectivity index (χ4v) is 3.35. The number of aromatic carboxylic acids is 1. The second kappa shape index (κ2) is 5.71. The summed E-state index contributed by atoms with van der Waals surface area (Å²) in [6.07, 6.45) is 0. The van der Waals surface area contributed by atoms with E-state index in [0.717, 1.165) is 33.0 Å². The van der Waals surface area contributed by atoms with Gasteiger partial charge in [0, 0.05) is 10.9 Å². The van der Waals surface area contributed by atoms with Crippen molar-refractivity contribution in [2.75, 3.05) is 0 Å². The lowest BCUT2D eigenvalue weighted by Crippen LogP contribution is -2.01. The monoisotopic (exact) mass is 327 g/mol. The fraction of sp³-hybridized carbons (Fsp3) is 0.0909. The molecule has 0 aliphatic heterocycles. The van der Waals surface area contributed by atoms with E-state index in [2.05, 4.69) is 12.1 Å². The van der Waals surface area contributed by atoms with Gasteiger partial charge in [0.05, 0.1) is 16.8 Å². The molecule has 3 nitrogen and oxygen atoms in total. The average Bonchev–Trinajstić information content (AvgIpc) is 2.60. The van der Waals surface area contributed by atoms with Crippen molar-refractivity contribution < 1.29 is 9.90 Å². The number of hydrogen-bond donors (Lipinski definition) is 1. The summed E-state index contributed by atoms with van der Waals surface area (Å²) in [5.41, 5.74) is 4.66. The Morgan fingerprint density at radius 2 is 1.68 bits per heavy atom. The first kappa shape index (κ1) is 15.3. The number of pyridine rings is 1. The normalized spacial score (nSPS) is 11.1. The largest absolute Gasteiger partial charge is 0.478 e. The van der Waals surface area contributed by atoms with Crippen LogP contribution in [0.1, 0.15) is 21.5 Å². The third kappa shape index (κ3) is 2.64. The van der Waals surface area contributed by atoms with Crippen LogP contribution in [0.3, 0.4) is 0 Å². The molecule has 0 fully saturated rings. The van der Waals surface area contributed by atoms with E-state index in [9.17, 15) is 9.90 Å². The molecule has 4 aromatic rings. The van der Waals surface area contributed by atoms with Crippen LogP contribution in [0.15, 0.2) is 60.7 Å². The molecule has 0 aliphatic rings. The second-order valence-electron chi connectivity index (χ2n) is 6.40. The highest BCUT2D eigenvalue weighted by molar-refractivity contribution is 6.05. The lowest BCUT2D eigenvalue weighted by Gasteiger charge is -2.11. The van der Waals surface area contributed by atoms with Gasteiger partial charge in [0.15, 0.2) is 0 Å². The average molecular weight is 327 g/mol. The van der Waals surface area contributed by atoms with Gasteiger partial charge in [-0.25, -0.2) is 9.78 Å². The molecular weight excluding hydrogens is 310 g/mol. The molecule has 3 heteroatoms. The minimum Gasteiger partial charge on any atom is -0.478 e. The van der Waals surface area contributed by atoms with Gasteiger partial charge in [-0.1, -0.05) is 48.0 Å². The Morgan fingerprint density at radius 1 is 0.920 bits per heavy atom. The van der Waals surface area contributed by atoms with Crippen molar-refractivity contribution in [1.29, 1.82) is 0 Å². The summed E-state index contributed by atoms with van der Waals surface area (Å²) in [5, 5.41) is 12.6. The molecule has 1 N–H and O–H groups in total. The van der Waals surface area contributed by atoms with Crippen LogP contribution >= 0.6 is 0 Å². The third-order valence-electron chi connectivity index (χ3n) is 4.52. The Kier molecular flexibility index (Phi) is 3.50. The predicted molar refractivity (Wildman–Crippen MR) is 101 cm³/mol. The van der Waals surface area contributed by atoms with E-state index >= 15 is 0 Å². The number of benzene rings is 3. The van der Waals surface area contributed by atoms with Gasteiger partial charge in [-0.2, -0.15) is 0 Å². The van der Waals surface area contributed by atoms with E-state index in [0.29, 0.717) is 16.6 Å². The maximum Gasteiger partial charge on any atom is 0.336 e. The molecule has 1 heterocycles. The van der Waals surface area contributed by atoms with Gasteiger partial charge in [-0.3, -0.25) is 0 Å². The number of carboxylic acids is 1. The van der Waals surface area contributed by atoms with Gasteiger partial charge < -0.3 is 5.11 Å². The zero-order chi connectivity index (χ0) is 17.6. The van der Waals surface area contributed by atoms with Gasteiger partial charge in [-0.05, 0) is 48.4 Å². The maximum atomic E-state index is 11.8. The summed E-state index contributed by atoms with van der Waals surface area (Å²) >= 11 is 0. The van der Waals surface area contributed by atoms with Crippen LogP contribution < -0.4 is 0 Å². The molecule has 0 unspecified atom stereocenters. The number of aryl methyl sites for hydroxylation is 2. The molecule has 0 amide bonds. The van der Waals surface area contributed by atoms with Gasteiger partial charge >= 0.3 is 5.97 Å². The summed E-state index contributed by atoms with van der Waals surface area (Å²) in [6, 6.07) is 19.8. The molecule has 1 aromatic heterocycles. The van der Waals surface area contributed by atoms with E-state index in [4.69, 9.17) is 4.98 Å². The number of hydrogen-bond acceptors (Lipinski definition) is 2. The minimum atomic E-state index is -0.931. The SMILES string of the molecule is Cc1cc(C)c2nc(-c3ccc4ccccc4c3)cc(C(=O)O)c2c1. The van der Waals surface area contributed by atoms with Crippen LogP contribution in [0.5, 0.6) is 0 Å². The molecular formula is C22H17NO2. The first-order valence-electron chi connectivity index (χ1n) is 8.17. The zero-order valence-corrected chi connectivity index (χ0v) is 14.1. The van der Waals surface area contributed by atoms with Crippen molar-refractivity contribution in [2.45, 2.75) is 13.8 Å².